The summed E-state index contributed by atoms with van der Waals surface area (Å²) in [6.45, 7) is 0. The predicted octanol–water partition coefficient (Wildman–Crippen LogP) is -0.764. The van der Waals surface area contributed by atoms with Crippen molar-refractivity contribution in [1.29, 1.82) is 0 Å². The zero-order valence-electron chi connectivity index (χ0n) is 5.51. The Labute approximate surface area is 67.6 Å². The van der Waals surface area contributed by atoms with Gasteiger partial charge in [-0.25, -0.2) is 0 Å². The third-order valence-corrected chi connectivity index (χ3v) is 1.98. The number of rotatable bonds is 2. The van der Waals surface area contributed by atoms with Crippen molar-refractivity contribution in [2.45, 2.75) is 0 Å². The van der Waals surface area contributed by atoms with Gasteiger partial charge in [0, 0.05) is 11.0 Å². The van der Waals surface area contributed by atoms with Crippen molar-refractivity contribution in [3.63, 3.8) is 0 Å². The van der Waals surface area contributed by atoms with Gasteiger partial charge in [0.25, 0.3) is 0 Å². The van der Waals surface area contributed by atoms with Crippen LogP contribution in [0.2, 0.25) is 0 Å². The Morgan fingerprint density at radius 2 is 2.18 bits per heavy atom. The molecule has 0 atom stereocenters. The molecule has 1 aromatic heterocycles. The molecule has 1 rings (SSSR count). The first-order chi connectivity index (χ1) is 5.25. The van der Waals surface area contributed by atoms with Crippen molar-refractivity contribution in [1.82, 2.24) is 0 Å². The molecule has 0 aliphatic heterocycles. The van der Waals surface area contributed by atoms with E-state index in [1.54, 1.807) is 10.8 Å². The third kappa shape index (κ3) is 1.80. The lowest BCUT2D eigenvalue weighted by atomic mass is 9.80. The summed E-state index contributed by atoms with van der Waals surface area (Å²) in [5, 5.41) is 31.7. The summed E-state index contributed by atoms with van der Waals surface area (Å²) in [5.41, 5.74) is 0.875. The second-order valence-electron chi connectivity index (χ2n) is 1.90. The number of oxime groups is 1. The Bertz CT molecular complexity index is 260. The van der Waals surface area contributed by atoms with Crippen LogP contribution >= 0.6 is 11.3 Å². The summed E-state index contributed by atoms with van der Waals surface area (Å²) in [7, 11) is -1.51. The number of hydrogen-bond donors (Lipinski definition) is 3. The molecule has 0 aliphatic carbocycles. The molecular weight excluding hydrogens is 165 g/mol. The Morgan fingerprint density at radius 3 is 2.73 bits per heavy atom. The normalized spacial score (nSPS) is 10.7. The molecule has 6 heteroatoms. The predicted molar refractivity (Wildman–Crippen MR) is 43.5 cm³/mol. The highest BCUT2D eigenvalue weighted by Crippen LogP contribution is 2.01. The van der Waals surface area contributed by atoms with E-state index in [0.717, 1.165) is 6.21 Å². The van der Waals surface area contributed by atoms with Crippen molar-refractivity contribution in [3.8, 4) is 0 Å². The molecule has 1 heterocycles. The van der Waals surface area contributed by atoms with Crippen LogP contribution in [0.25, 0.3) is 0 Å². The van der Waals surface area contributed by atoms with Gasteiger partial charge in [-0.2, -0.15) is 11.3 Å². The second kappa shape index (κ2) is 3.52. The van der Waals surface area contributed by atoms with Crippen molar-refractivity contribution in [3.05, 3.63) is 16.3 Å². The molecule has 58 valence electrons. The average Bonchev–Trinajstić information content (AvgIpc) is 2.36. The maximum absolute atomic E-state index is 8.74. The minimum atomic E-state index is -1.51. The molecule has 0 aromatic carbocycles. The molecule has 0 saturated carbocycles. The second-order valence-corrected chi connectivity index (χ2v) is 2.64. The largest absolute Gasteiger partial charge is 0.489 e. The Morgan fingerprint density at radius 1 is 1.45 bits per heavy atom. The first-order valence-electron chi connectivity index (χ1n) is 2.85. The van der Waals surface area contributed by atoms with Gasteiger partial charge in [-0.3, -0.25) is 0 Å². The molecule has 3 N–H and O–H groups in total. The zero-order chi connectivity index (χ0) is 8.27. The standard InChI is InChI=1S/C5H6BNO3S/c8-6(9)5-3-11-2-4(5)1-7-10/h1-3,8-10H/b7-1+. The molecule has 0 unspecified atom stereocenters. The van der Waals surface area contributed by atoms with E-state index in [1.165, 1.54) is 11.3 Å². The summed E-state index contributed by atoms with van der Waals surface area (Å²) in [6.07, 6.45) is 1.16. The Balaban J connectivity index is 2.96. The summed E-state index contributed by atoms with van der Waals surface area (Å²) in [4.78, 5) is 0. The summed E-state index contributed by atoms with van der Waals surface area (Å²) >= 11 is 1.31. The van der Waals surface area contributed by atoms with Gasteiger partial charge >= 0.3 is 7.12 Å². The quantitative estimate of drug-likeness (QED) is 0.237. The van der Waals surface area contributed by atoms with E-state index in [-0.39, 0.29) is 0 Å². The van der Waals surface area contributed by atoms with Crippen LogP contribution in [0.3, 0.4) is 0 Å². The summed E-state index contributed by atoms with van der Waals surface area (Å²) < 4.78 is 0. The van der Waals surface area contributed by atoms with Gasteiger partial charge < -0.3 is 15.3 Å². The lowest BCUT2D eigenvalue weighted by molar-refractivity contribution is 0.322. The molecule has 0 fully saturated rings. The highest BCUT2D eigenvalue weighted by Gasteiger charge is 2.15. The van der Waals surface area contributed by atoms with Crippen LogP contribution in [0, 0.1) is 0 Å². The highest BCUT2D eigenvalue weighted by atomic mass is 32.1. The van der Waals surface area contributed by atoms with Crippen molar-refractivity contribution >= 4 is 30.1 Å². The van der Waals surface area contributed by atoms with Gasteiger partial charge in [-0.1, -0.05) is 5.16 Å². The van der Waals surface area contributed by atoms with Crippen LogP contribution < -0.4 is 5.46 Å². The lowest BCUT2D eigenvalue weighted by Crippen LogP contribution is -2.31. The molecule has 0 aliphatic rings. The van der Waals surface area contributed by atoms with E-state index in [0.29, 0.717) is 11.0 Å². The fraction of sp³-hybridized carbons (Fsp3) is 0. The molecule has 0 radical (unpaired) electrons. The van der Waals surface area contributed by atoms with Gasteiger partial charge in [0.1, 0.15) is 0 Å². The van der Waals surface area contributed by atoms with Crippen molar-refractivity contribution in [2.24, 2.45) is 5.16 Å². The molecule has 11 heavy (non-hydrogen) atoms. The van der Waals surface area contributed by atoms with E-state index < -0.39 is 7.12 Å². The molecule has 0 bridgehead atoms. The third-order valence-electron chi connectivity index (χ3n) is 1.20. The molecule has 1 aromatic rings. The van der Waals surface area contributed by atoms with Gasteiger partial charge in [-0.05, 0) is 10.8 Å². The van der Waals surface area contributed by atoms with Crippen LogP contribution in [0.4, 0.5) is 0 Å². The fourth-order valence-electron chi connectivity index (χ4n) is 0.694. The molecular formula is C5H6BNO3S. The Hall–Kier alpha value is -0.845. The molecule has 0 saturated heterocycles. The lowest BCUT2D eigenvalue weighted by Gasteiger charge is -1.94. The van der Waals surface area contributed by atoms with E-state index >= 15 is 0 Å². The van der Waals surface area contributed by atoms with E-state index in [2.05, 4.69) is 5.16 Å². The topological polar surface area (TPSA) is 73.1 Å². The minimum absolute atomic E-state index is 0.354. The van der Waals surface area contributed by atoms with Crippen LogP contribution in [-0.2, 0) is 0 Å². The molecule has 0 amide bonds. The van der Waals surface area contributed by atoms with Gasteiger partial charge in [0.05, 0.1) is 6.21 Å². The fourth-order valence-corrected chi connectivity index (χ4v) is 1.51. The SMILES string of the molecule is O/N=C/c1cscc1B(O)O. The van der Waals surface area contributed by atoms with Crippen LogP contribution in [-0.4, -0.2) is 28.6 Å². The van der Waals surface area contributed by atoms with Gasteiger partial charge in [0.15, 0.2) is 0 Å². The summed E-state index contributed by atoms with van der Waals surface area (Å²) in [6, 6.07) is 0. The monoisotopic (exact) mass is 171 g/mol. The van der Waals surface area contributed by atoms with E-state index in [4.69, 9.17) is 15.3 Å². The maximum Gasteiger partial charge on any atom is 0.489 e. The van der Waals surface area contributed by atoms with Crippen LogP contribution in [0.5, 0.6) is 0 Å². The van der Waals surface area contributed by atoms with E-state index in [1.807, 2.05) is 0 Å². The van der Waals surface area contributed by atoms with E-state index in [9.17, 15) is 0 Å². The number of hydrogen-bond acceptors (Lipinski definition) is 5. The van der Waals surface area contributed by atoms with Crippen molar-refractivity contribution in [2.75, 3.05) is 0 Å². The van der Waals surface area contributed by atoms with Gasteiger partial charge in [0.2, 0.25) is 0 Å². The van der Waals surface area contributed by atoms with Crippen LogP contribution in [0.1, 0.15) is 5.56 Å². The maximum atomic E-state index is 8.74. The Kier molecular flexibility index (Phi) is 2.64. The minimum Gasteiger partial charge on any atom is -0.423 e. The van der Waals surface area contributed by atoms with Crippen LogP contribution in [0.15, 0.2) is 15.9 Å². The zero-order valence-corrected chi connectivity index (χ0v) is 6.32. The van der Waals surface area contributed by atoms with Gasteiger partial charge in [-0.15, -0.1) is 0 Å². The number of nitrogens with zero attached hydrogens (tertiary/aromatic N) is 1. The summed E-state index contributed by atoms with van der Waals surface area (Å²) in [5.74, 6) is 0. The smallest absolute Gasteiger partial charge is 0.423 e. The van der Waals surface area contributed by atoms with Crippen molar-refractivity contribution < 1.29 is 15.3 Å². The molecule has 4 nitrogen and oxygen atoms in total. The highest BCUT2D eigenvalue weighted by molar-refractivity contribution is 7.09. The first kappa shape index (κ1) is 8.25. The first-order valence-corrected chi connectivity index (χ1v) is 3.79. The average molecular weight is 171 g/mol. The number of thiophene rings is 1. The molecule has 0 spiro atoms.